The number of methoxy groups -OCH3 is 1. The van der Waals surface area contributed by atoms with Crippen LogP contribution in [0.2, 0.25) is 0 Å². The van der Waals surface area contributed by atoms with Crippen LogP contribution in [0.25, 0.3) is 0 Å². The molecule has 2 N–H and O–H groups in total. The fourth-order valence-electron chi connectivity index (χ4n) is 2.68. The molecule has 2 aromatic rings. The number of hydrogen-bond acceptors (Lipinski definition) is 6. The van der Waals surface area contributed by atoms with Crippen molar-refractivity contribution < 1.29 is 27.5 Å². The van der Waals surface area contributed by atoms with E-state index in [9.17, 15) is 18.0 Å². The minimum Gasteiger partial charge on any atom is -0.495 e. The molecular formula is C18H19N3O6S. The van der Waals surface area contributed by atoms with E-state index in [1.807, 2.05) is 4.83 Å². The van der Waals surface area contributed by atoms with Gasteiger partial charge in [0.2, 0.25) is 0 Å². The van der Waals surface area contributed by atoms with Crippen molar-refractivity contribution in [1.82, 2.24) is 10.3 Å². The second-order valence-electron chi connectivity index (χ2n) is 6.04. The molecular weight excluding hydrogens is 386 g/mol. The lowest BCUT2D eigenvalue weighted by Gasteiger charge is -2.28. The van der Waals surface area contributed by atoms with Crippen LogP contribution in [-0.2, 0) is 19.6 Å². The monoisotopic (exact) mass is 405 g/mol. The number of carbonyl (C=O) groups is 2. The number of nitrogens with one attached hydrogen (secondary N) is 2. The highest BCUT2D eigenvalue weighted by molar-refractivity contribution is 7.89. The molecule has 0 aliphatic carbocycles. The first-order chi connectivity index (χ1) is 13.3. The van der Waals surface area contributed by atoms with Crippen molar-refractivity contribution in [2.24, 2.45) is 0 Å². The Morgan fingerprint density at radius 3 is 2.75 bits per heavy atom. The molecule has 0 fully saturated rings. The molecule has 2 amide bonds. The number of hydrogen-bond donors (Lipinski definition) is 2. The highest BCUT2D eigenvalue weighted by Gasteiger charge is 2.28. The minimum atomic E-state index is -4.07. The van der Waals surface area contributed by atoms with Gasteiger partial charge < -0.3 is 9.47 Å². The highest BCUT2D eigenvalue weighted by atomic mass is 32.2. The third kappa shape index (κ3) is 4.07. The number of aryl methyl sites for hydroxylation is 1. The summed E-state index contributed by atoms with van der Waals surface area (Å²) in [5.74, 6) is -0.498. The zero-order valence-electron chi connectivity index (χ0n) is 15.3. The first-order valence-electron chi connectivity index (χ1n) is 8.29. The van der Waals surface area contributed by atoms with Gasteiger partial charge in [0.1, 0.15) is 22.9 Å². The lowest BCUT2D eigenvalue weighted by Crippen LogP contribution is -2.49. The maximum Gasteiger partial charge on any atom is 0.265 e. The van der Waals surface area contributed by atoms with Crippen molar-refractivity contribution in [2.75, 3.05) is 25.2 Å². The van der Waals surface area contributed by atoms with E-state index in [2.05, 4.69) is 5.43 Å². The number of amides is 2. The molecule has 0 bridgehead atoms. The fourth-order valence-corrected chi connectivity index (χ4v) is 3.80. The summed E-state index contributed by atoms with van der Waals surface area (Å²) in [6.45, 7) is 1.17. The first-order valence-corrected chi connectivity index (χ1v) is 9.77. The third-order valence-corrected chi connectivity index (χ3v) is 5.31. The third-order valence-electron chi connectivity index (χ3n) is 4.04. The molecule has 1 aliphatic heterocycles. The second kappa shape index (κ2) is 7.87. The van der Waals surface area contributed by atoms with Crippen molar-refractivity contribution in [2.45, 2.75) is 11.8 Å². The first kappa shape index (κ1) is 19.6. The van der Waals surface area contributed by atoms with Crippen LogP contribution in [0.3, 0.4) is 0 Å². The van der Waals surface area contributed by atoms with Crippen molar-refractivity contribution in [3.8, 4) is 11.5 Å². The van der Waals surface area contributed by atoms with Gasteiger partial charge >= 0.3 is 0 Å². The number of carbonyl (C=O) groups excluding carboxylic acids is 2. The average molecular weight is 405 g/mol. The number of nitrogens with zero attached hydrogens (tertiary/aromatic N) is 1. The number of hydrazine groups is 1. The van der Waals surface area contributed by atoms with Gasteiger partial charge in [0.05, 0.1) is 12.8 Å². The minimum absolute atomic E-state index is 0.108. The van der Waals surface area contributed by atoms with Crippen LogP contribution in [0, 0.1) is 6.92 Å². The zero-order chi connectivity index (χ0) is 20.3. The Morgan fingerprint density at radius 1 is 1.25 bits per heavy atom. The van der Waals surface area contributed by atoms with Gasteiger partial charge in [0.25, 0.3) is 21.8 Å². The Hall–Kier alpha value is -3.11. The Morgan fingerprint density at radius 2 is 2.00 bits per heavy atom. The summed E-state index contributed by atoms with van der Waals surface area (Å²) in [5, 5.41) is 0. The van der Waals surface area contributed by atoms with Gasteiger partial charge in [-0.2, -0.15) is 0 Å². The van der Waals surface area contributed by atoms with Crippen molar-refractivity contribution in [3.63, 3.8) is 0 Å². The predicted octanol–water partition coefficient (Wildman–Crippen LogP) is 0.739. The molecule has 0 unspecified atom stereocenters. The summed E-state index contributed by atoms with van der Waals surface area (Å²) in [7, 11) is -2.72. The molecule has 10 heteroatoms. The Bertz CT molecular complexity index is 1020. The van der Waals surface area contributed by atoms with Gasteiger partial charge in [-0.05, 0) is 36.8 Å². The van der Waals surface area contributed by atoms with Crippen LogP contribution in [0.15, 0.2) is 47.4 Å². The largest absolute Gasteiger partial charge is 0.495 e. The molecule has 0 saturated carbocycles. The Kier molecular flexibility index (Phi) is 5.52. The maximum atomic E-state index is 12.5. The van der Waals surface area contributed by atoms with Crippen LogP contribution in [0.1, 0.15) is 5.56 Å². The van der Waals surface area contributed by atoms with Crippen LogP contribution in [0.4, 0.5) is 5.69 Å². The summed E-state index contributed by atoms with van der Waals surface area (Å²) >= 11 is 0. The molecule has 0 radical (unpaired) electrons. The molecule has 3 rings (SSSR count). The smallest absolute Gasteiger partial charge is 0.265 e. The molecule has 1 heterocycles. The molecule has 0 spiro atoms. The summed E-state index contributed by atoms with van der Waals surface area (Å²) < 4.78 is 35.4. The van der Waals surface area contributed by atoms with E-state index in [-0.39, 0.29) is 23.8 Å². The number of fused-ring (bicyclic) bond motifs is 1. The number of anilines is 1. The fraction of sp³-hybridized carbons (Fsp3) is 0.222. The van der Waals surface area contributed by atoms with Gasteiger partial charge in [0.15, 0.2) is 6.61 Å². The number of sulfonamides is 1. The lowest BCUT2D eigenvalue weighted by molar-refractivity contribution is -0.125. The van der Waals surface area contributed by atoms with E-state index in [0.717, 1.165) is 0 Å². The van der Waals surface area contributed by atoms with E-state index in [1.54, 1.807) is 37.3 Å². The molecule has 2 aromatic carbocycles. The molecule has 0 aromatic heterocycles. The lowest BCUT2D eigenvalue weighted by atomic mass is 10.2. The van der Waals surface area contributed by atoms with Crippen LogP contribution in [0.5, 0.6) is 11.5 Å². The maximum absolute atomic E-state index is 12.5. The van der Waals surface area contributed by atoms with Crippen molar-refractivity contribution in [3.05, 3.63) is 48.0 Å². The number of rotatable bonds is 6. The number of benzene rings is 2. The summed E-state index contributed by atoms with van der Waals surface area (Å²) in [6.07, 6.45) is 0. The zero-order valence-corrected chi connectivity index (χ0v) is 16.1. The van der Waals surface area contributed by atoms with Gasteiger partial charge in [-0.25, -0.2) is 8.42 Å². The van der Waals surface area contributed by atoms with Crippen LogP contribution < -0.4 is 24.6 Å². The average Bonchev–Trinajstić information content (AvgIpc) is 2.68. The summed E-state index contributed by atoms with van der Waals surface area (Å²) in [4.78, 5) is 27.5. The molecule has 1 aliphatic rings. The van der Waals surface area contributed by atoms with Crippen molar-refractivity contribution in [1.29, 1.82) is 0 Å². The Balaban J connectivity index is 1.71. The van der Waals surface area contributed by atoms with Crippen molar-refractivity contribution >= 4 is 27.5 Å². The molecule has 0 atom stereocenters. The number of ether oxygens (including phenoxy) is 2. The molecule has 28 heavy (non-hydrogen) atoms. The van der Waals surface area contributed by atoms with E-state index in [0.29, 0.717) is 17.0 Å². The van der Waals surface area contributed by atoms with Gasteiger partial charge in [-0.15, -0.1) is 4.83 Å². The van der Waals surface area contributed by atoms with Crippen LogP contribution in [-0.4, -0.2) is 40.5 Å². The standard InChI is InChI=1S/C18H19N3O6S/c1-12-7-8-15(26-2)16(9-12)28(24,25)20-19-17(22)10-21-13-5-3-4-6-14(13)27-11-18(21)23/h3-9,20H,10-11H2,1-2H3,(H,19,22). The van der Waals surface area contributed by atoms with Gasteiger partial charge in [-0.1, -0.05) is 18.2 Å². The summed E-state index contributed by atoms with van der Waals surface area (Å²) in [5.41, 5.74) is 3.28. The SMILES string of the molecule is COc1ccc(C)cc1S(=O)(=O)NNC(=O)CN1C(=O)COc2ccccc21. The molecule has 148 valence electrons. The second-order valence-corrected chi connectivity index (χ2v) is 7.70. The highest BCUT2D eigenvalue weighted by Crippen LogP contribution is 2.31. The van der Waals surface area contributed by atoms with E-state index in [4.69, 9.17) is 9.47 Å². The molecule has 9 nitrogen and oxygen atoms in total. The topological polar surface area (TPSA) is 114 Å². The normalized spacial score (nSPS) is 13.5. The van der Waals surface area contributed by atoms with E-state index in [1.165, 1.54) is 24.1 Å². The Labute approximate surface area is 162 Å². The van der Waals surface area contributed by atoms with Gasteiger partial charge in [-0.3, -0.25) is 19.9 Å². The number of para-hydroxylation sites is 2. The van der Waals surface area contributed by atoms with Crippen LogP contribution >= 0.6 is 0 Å². The predicted molar refractivity (Wildman–Crippen MR) is 100 cm³/mol. The summed E-state index contributed by atoms with van der Waals surface area (Å²) in [6, 6.07) is 11.4. The quantitative estimate of drug-likeness (QED) is 0.685. The van der Waals surface area contributed by atoms with Gasteiger partial charge in [0, 0.05) is 0 Å². The molecule has 0 saturated heterocycles. The van der Waals surface area contributed by atoms with E-state index >= 15 is 0 Å². The van der Waals surface area contributed by atoms with E-state index < -0.39 is 21.8 Å².